The van der Waals surface area contributed by atoms with Crippen LogP contribution in [0.25, 0.3) is 0 Å². The Morgan fingerprint density at radius 2 is 2.10 bits per heavy atom. The van der Waals surface area contributed by atoms with Crippen molar-refractivity contribution in [2.24, 2.45) is 0 Å². The molecule has 0 atom stereocenters. The van der Waals surface area contributed by atoms with Crippen molar-refractivity contribution in [3.63, 3.8) is 0 Å². The van der Waals surface area contributed by atoms with E-state index < -0.39 is 0 Å². The lowest BCUT2D eigenvalue weighted by Crippen LogP contribution is -2.11. The fourth-order valence-corrected chi connectivity index (χ4v) is 0.880. The topological polar surface area (TPSA) is 29.1 Å². The molecular weight excluding hydrogens is 146 g/mol. The summed E-state index contributed by atoms with van der Waals surface area (Å²) in [4.78, 5) is 10.6. The number of unbranched alkanes of at least 4 members (excludes halogenated alkanes) is 3. The van der Waals surface area contributed by atoms with E-state index in [-0.39, 0.29) is 5.91 Å². The van der Waals surface area contributed by atoms with Crippen molar-refractivity contribution in [1.29, 1.82) is 0 Å². The van der Waals surface area contributed by atoms with E-state index in [9.17, 15) is 4.79 Å². The van der Waals surface area contributed by atoms with Gasteiger partial charge >= 0.3 is 0 Å². The zero-order valence-electron chi connectivity index (χ0n) is 6.39. The molecule has 0 aromatic heterocycles. The molecule has 0 aromatic carbocycles. The van der Waals surface area contributed by atoms with Gasteiger partial charge in [0.2, 0.25) is 5.91 Å². The third kappa shape index (κ3) is 5.95. The van der Waals surface area contributed by atoms with Crippen LogP contribution in [0.15, 0.2) is 0 Å². The van der Waals surface area contributed by atoms with Crippen LogP contribution in [0.4, 0.5) is 0 Å². The van der Waals surface area contributed by atoms with Crippen molar-refractivity contribution < 1.29 is 4.79 Å². The predicted octanol–water partition coefficient (Wildman–Crippen LogP) is 1.92. The number of thiol groups is 1. The molecule has 0 spiro atoms. The molecule has 0 rings (SSSR count). The average molecular weight is 161 g/mol. The third-order valence-corrected chi connectivity index (χ3v) is 1.63. The monoisotopic (exact) mass is 161 g/mol. The Balaban J connectivity index is 2.96. The van der Waals surface area contributed by atoms with Crippen LogP contribution in [0.1, 0.15) is 39.0 Å². The van der Waals surface area contributed by atoms with Crippen LogP contribution in [-0.2, 0) is 4.79 Å². The van der Waals surface area contributed by atoms with Gasteiger partial charge in [-0.25, -0.2) is 0 Å². The minimum atomic E-state index is 0.0273. The Labute approximate surface area is 67.9 Å². The minimum Gasteiger partial charge on any atom is -0.303 e. The summed E-state index contributed by atoms with van der Waals surface area (Å²) in [5.74, 6) is 0.0273. The molecule has 0 aliphatic rings. The first-order valence-corrected chi connectivity index (χ1v) is 4.19. The highest BCUT2D eigenvalue weighted by atomic mass is 32.1. The van der Waals surface area contributed by atoms with Crippen LogP contribution < -0.4 is 4.72 Å². The molecule has 0 aliphatic heterocycles. The molecule has 0 radical (unpaired) electrons. The van der Waals surface area contributed by atoms with Crippen LogP contribution >= 0.6 is 12.8 Å². The number of carbonyl (C=O) groups excluding carboxylic acids is 1. The van der Waals surface area contributed by atoms with E-state index >= 15 is 0 Å². The molecule has 0 saturated heterocycles. The van der Waals surface area contributed by atoms with Gasteiger partial charge in [-0.1, -0.05) is 39.0 Å². The summed E-state index contributed by atoms with van der Waals surface area (Å²) in [7, 11) is 0. The molecule has 0 fully saturated rings. The van der Waals surface area contributed by atoms with Crippen LogP contribution in [0, 0.1) is 0 Å². The summed E-state index contributed by atoms with van der Waals surface area (Å²) in [6.07, 6.45) is 5.18. The number of hydrogen-bond donors (Lipinski definition) is 2. The Morgan fingerprint density at radius 3 is 2.60 bits per heavy atom. The highest BCUT2D eigenvalue weighted by Crippen LogP contribution is 2.01. The van der Waals surface area contributed by atoms with Crippen molar-refractivity contribution in [3.05, 3.63) is 0 Å². The summed E-state index contributed by atoms with van der Waals surface area (Å²) in [6, 6.07) is 0. The number of hydrogen-bond acceptors (Lipinski definition) is 2. The van der Waals surface area contributed by atoms with E-state index in [1.54, 1.807) is 0 Å². The van der Waals surface area contributed by atoms with Crippen molar-refractivity contribution >= 4 is 18.7 Å². The molecule has 0 bridgehead atoms. The Kier molecular flexibility index (Phi) is 6.81. The van der Waals surface area contributed by atoms with E-state index in [0.29, 0.717) is 6.42 Å². The average Bonchev–Trinajstić information content (AvgIpc) is 1.98. The second-order valence-corrected chi connectivity index (χ2v) is 2.57. The molecule has 0 aromatic rings. The maximum absolute atomic E-state index is 10.6. The van der Waals surface area contributed by atoms with Gasteiger partial charge in [-0.15, -0.1) is 0 Å². The largest absolute Gasteiger partial charge is 0.303 e. The summed E-state index contributed by atoms with van der Waals surface area (Å²) in [5.41, 5.74) is 0. The summed E-state index contributed by atoms with van der Waals surface area (Å²) >= 11 is 3.64. The van der Waals surface area contributed by atoms with Gasteiger partial charge in [-0.2, -0.15) is 0 Å². The van der Waals surface area contributed by atoms with Crippen LogP contribution in [0.2, 0.25) is 0 Å². The van der Waals surface area contributed by atoms with E-state index in [4.69, 9.17) is 0 Å². The molecule has 60 valence electrons. The molecule has 0 heterocycles. The number of carbonyl (C=O) groups is 1. The summed E-state index contributed by atoms with van der Waals surface area (Å²) < 4.78 is 2.30. The zero-order valence-corrected chi connectivity index (χ0v) is 7.29. The van der Waals surface area contributed by atoms with Crippen molar-refractivity contribution in [2.45, 2.75) is 39.0 Å². The van der Waals surface area contributed by atoms with Crippen molar-refractivity contribution in [3.8, 4) is 0 Å². The maximum atomic E-state index is 10.6. The van der Waals surface area contributed by atoms with Gasteiger partial charge in [0.15, 0.2) is 0 Å². The summed E-state index contributed by atoms with van der Waals surface area (Å²) in [5, 5.41) is 0. The first-order chi connectivity index (χ1) is 4.81. The van der Waals surface area contributed by atoms with Gasteiger partial charge in [-0.05, 0) is 6.42 Å². The molecular formula is C7H15NOS. The second-order valence-electron chi connectivity index (χ2n) is 2.35. The molecule has 2 nitrogen and oxygen atoms in total. The lowest BCUT2D eigenvalue weighted by Gasteiger charge is -1.96. The van der Waals surface area contributed by atoms with Crippen molar-refractivity contribution in [1.82, 2.24) is 4.72 Å². The van der Waals surface area contributed by atoms with Gasteiger partial charge in [0, 0.05) is 6.42 Å². The highest BCUT2D eigenvalue weighted by molar-refractivity contribution is 7.78. The molecule has 0 saturated carbocycles. The first kappa shape index (κ1) is 9.82. The standard InChI is InChI=1S/C7H15NOS/c1-2-3-4-5-6-7(9)8-10/h10H,2-6H2,1H3,(H,8,9). The fraction of sp³-hybridized carbons (Fsp3) is 0.857. The quantitative estimate of drug-likeness (QED) is 0.468. The SMILES string of the molecule is CCCCCCC(=O)NS. The molecule has 3 heteroatoms. The fourth-order valence-electron chi connectivity index (χ4n) is 0.768. The minimum absolute atomic E-state index is 0.0273. The molecule has 1 N–H and O–H groups in total. The Hall–Kier alpha value is -0.180. The predicted molar refractivity (Wildman–Crippen MR) is 45.9 cm³/mol. The third-order valence-electron chi connectivity index (χ3n) is 1.38. The van der Waals surface area contributed by atoms with Crippen LogP contribution in [-0.4, -0.2) is 5.91 Å². The second kappa shape index (κ2) is 6.93. The van der Waals surface area contributed by atoms with E-state index in [1.165, 1.54) is 12.8 Å². The molecule has 10 heavy (non-hydrogen) atoms. The highest BCUT2D eigenvalue weighted by Gasteiger charge is 1.95. The van der Waals surface area contributed by atoms with Crippen molar-refractivity contribution in [2.75, 3.05) is 0 Å². The van der Waals surface area contributed by atoms with E-state index in [0.717, 1.165) is 12.8 Å². The lowest BCUT2D eigenvalue weighted by molar-refractivity contribution is -0.119. The van der Waals surface area contributed by atoms with Gasteiger partial charge in [0.25, 0.3) is 0 Å². The Morgan fingerprint density at radius 1 is 1.40 bits per heavy atom. The lowest BCUT2D eigenvalue weighted by atomic mass is 10.1. The van der Waals surface area contributed by atoms with Gasteiger partial charge < -0.3 is 4.72 Å². The molecule has 0 unspecified atom stereocenters. The summed E-state index contributed by atoms with van der Waals surface area (Å²) in [6.45, 7) is 2.15. The normalized spacial score (nSPS) is 9.40. The molecule has 1 amide bonds. The van der Waals surface area contributed by atoms with Crippen LogP contribution in [0.3, 0.4) is 0 Å². The smallest absolute Gasteiger partial charge is 0.229 e. The first-order valence-electron chi connectivity index (χ1n) is 3.74. The van der Waals surface area contributed by atoms with Gasteiger partial charge in [0.1, 0.15) is 0 Å². The van der Waals surface area contributed by atoms with E-state index in [2.05, 4.69) is 24.5 Å². The number of rotatable bonds is 5. The van der Waals surface area contributed by atoms with Gasteiger partial charge in [-0.3, -0.25) is 4.79 Å². The zero-order chi connectivity index (χ0) is 7.82. The molecule has 0 aliphatic carbocycles. The Bertz CT molecular complexity index is 95.6. The number of nitrogens with one attached hydrogen (secondary N) is 1. The van der Waals surface area contributed by atoms with Crippen LogP contribution in [0.5, 0.6) is 0 Å². The maximum Gasteiger partial charge on any atom is 0.229 e. The van der Waals surface area contributed by atoms with Gasteiger partial charge in [0.05, 0.1) is 0 Å². The number of amides is 1. The van der Waals surface area contributed by atoms with E-state index in [1.807, 2.05) is 0 Å².